The molecule has 2 aromatic carbocycles. The molecule has 0 aliphatic heterocycles. The summed E-state index contributed by atoms with van der Waals surface area (Å²) in [5, 5.41) is 27.2. The summed E-state index contributed by atoms with van der Waals surface area (Å²) in [5.41, 5.74) is 4.01. The van der Waals surface area contributed by atoms with Gasteiger partial charge < -0.3 is 10.4 Å². The number of tetrazole rings is 1. The average molecular weight is 380 g/mol. The highest BCUT2D eigenvalue weighted by Gasteiger charge is 2.25. The Labute approximate surface area is 162 Å². The summed E-state index contributed by atoms with van der Waals surface area (Å²) in [5.74, 6) is 6.98. The minimum absolute atomic E-state index is 0.189. The van der Waals surface area contributed by atoms with Crippen LogP contribution in [-0.2, 0) is 0 Å². The van der Waals surface area contributed by atoms with Gasteiger partial charge in [0.05, 0.1) is 0 Å². The number of aliphatic hydroxyl groups excluding tert-OH is 1. The smallest absolute Gasteiger partial charge is 0.204 e. The molecule has 0 radical (unpaired) electrons. The minimum Gasteiger partial charge on any atom is -0.384 e. The number of halogens is 1. The van der Waals surface area contributed by atoms with Crippen molar-refractivity contribution in [3.63, 3.8) is 0 Å². The Morgan fingerprint density at radius 1 is 1.22 bits per heavy atom. The lowest BCUT2D eigenvalue weighted by atomic mass is 10.0. The second-order valence-corrected chi connectivity index (χ2v) is 6.90. The van der Waals surface area contributed by atoms with Crippen LogP contribution in [0.1, 0.15) is 35.9 Å². The molecule has 1 aliphatic carbocycles. The van der Waals surface area contributed by atoms with Crippen LogP contribution in [0.25, 0.3) is 11.4 Å². The van der Waals surface area contributed by atoms with E-state index in [2.05, 4.69) is 43.8 Å². The maximum Gasteiger partial charge on any atom is 0.204 e. The van der Waals surface area contributed by atoms with Gasteiger partial charge in [0.25, 0.3) is 0 Å². The molecule has 3 aromatic rings. The molecule has 1 heterocycles. The molecule has 0 unspecified atom stereocenters. The number of hydrogen-bond acceptors (Lipinski definition) is 5. The fraction of sp³-hybridized carbons (Fsp3) is 0.250. The Hall–Kier alpha value is -2.88. The first-order valence-corrected chi connectivity index (χ1v) is 9.11. The summed E-state index contributed by atoms with van der Waals surface area (Å²) < 4.78 is 0. The van der Waals surface area contributed by atoms with Crippen molar-refractivity contribution in [2.75, 3.05) is 11.9 Å². The van der Waals surface area contributed by atoms with E-state index in [1.807, 2.05) is 36.4 Å². The third kappa shape index (κ3) is 4.27. The average Bonchev–Trinajstić information content (AvgIpc) is 3.40. The number of aromatic nitrogens is 4. The van der Waals surface area contributed by atoms with E-state index in [0.29, 0.717) is 16.8 Å². The van der Waals surface area contributed by atoms with Gasteiger partial charge in [0.2, 0.25) is 5.82 Å². The van der Waals surface area contributed by atoms with Crippen LogP contribution in [-0.4, -0.2) is 32.3 Å². The zero-order chi connectivity index (χ0) is 18.6. The predicted molar refractivity (Wildman–Crippen MR) is 104 cm³/mol. The quantitative estimate of drug-likeness (QED) is 0.590. The van der Waals surface area contributed by atoms with E-state index >= 15 is 0 Å². The highest BCUT2D eigenvalue weighted by atomic mass is 35.5. The molecule has 6 nitrogen and oxygen atoms in total. The lowest BCUT2D eigenvalue weighted by Gasteiger charge is -2.17. The van der Waals surface area contributed by atoms with Gasteiger partial charge in [0, 0.05) is 16.3 Å². The molecule has 1 fully saturated rings. The number of anilines is 1. The summed E-state index contributed by atoms with van der Waals surface area (Å²) in [6, 6.07) is 13.5. The zero-order valence-corrected chi connectivity index (χ0v) is 15.2. The SMILES string of the molecule is OCC#C[C@H](Nc1ccc(-c2nn[nH]n2)cc1)c1cc(Cl)cc(C2CC2)c1. The standard InChI is InChI=1S/C20H18ClN5O/c21-17-11-15(13-3-4-13)10-16(12-17)19(2-1-9-27)22-18-7-5-14(6-8-18)20-23-25-26-24-20/h5-8,10-13,19,22,27H,3-4,9H2,(H,23,24,25,26)/t19-/m0/s1. The van der Waals surface area contributed by atoms with Crippen molar-refractivity contribution in [1.29, 1.82) is 0 Å². The molecule has 0 bridgehead atoms. The molecule has 1 aromatic heterocycles. The fourth-order valence-electron chi connectivity index (χ4n) is 2.97. The molecule has 7 heteroatoms. The van der Waals surface area contributed by atoms with Crippen LogP contribution in [0.4, 0.5) is 5.69 Å². The van der Waals surface area contributed by atoms with Crippen LogP contribution >= 0.6 is 11.6 Å². The van der Waals surface area contributed by atoms with E-state index in [1.54, 1.807) is 0 Å². The fourth-order valence-corrected chi connectivity index (χ4v) is 3.22. The highest BCUT2D eigenvalue weighted by Crippen LogP contribution is 2.42. The van der Waals surface area contributed by atoms with Crippen LogP contribution in [0.15, 0.2) is 42.5 Å². The van der Waals surface area contributed by atoms with Crippen molar-refractivity contribution in [2.45, 2.75) is 24.8 Å². The van der Waals surface area contributed by atoms with Crippen molar-refractivity contribution in [2.24, 2.45) is 0 Å². The topological polar surface area (TPSA) is 86.7 Å². The molecule has 1 saturated carbocycles. The maximum atomic E-state index is 9.13. The van der Waals surface area contributed by atoms with E-state index in [4.69, 9.17) is 16.7 Å². The van der Waals surface area contributed by atoms with Crippen LogP contribution in [0.5, 0.6) is 0 Å². The maximum absolute atomic E-state index is 9.13. The van der Waals surface area contributed by atoms with Crippen LogP contribution in [0, 0.1) is 11.8 Å². The number of rotatable bonds is 5. The molecule has 0 spiro atoms. The summed E-state index contributed by atoms with van der Waals surface area (Å²) in [7, 11) is 0. The number of benzene rings is 2. The van der Waals surface area contributed by atoms with E-state index in [0.717, 1.165) is 16.8 Å². The first kappa shape index (κ1) is 17.5. The van der Waals surface area contributed by atoms with Gasteiger partial charge in [-0.3, -0.25) is 0 Å². The number of aliphatic hydroxyl groups is 1. The largest absolute Gasteiger partial charge is 0.384 e. The second-order valence-electron chi connectivity index (χ2n) is 6.46. The van der Waals surface area contributed by atoms with E-state index in [-0.39, 0.29) is 12.6 Å². The van der Waals surface area contributed by atoms with E-state index in [1.165, 1.54) is 18.4 Å². The van der Waals surface area contributed by atoms with Gasteiger partial charge in [0.1, 0.15) is 12.6 Å². The van der Waals surface area contributed by atoms with Gasteiger partial charge in [-0.05, 0) is 71.5 Å². The summed E-state index contributed by atoms with van der Waals surface area (Å²) in [6.45, 7) is -0.189. The Balaban J connectivity index is 1.59. The number of hydrogen-bond donors (Lipinski definition) is 3. The third-order valence-corrected chi connectivity index (χ3v) is 4.67. The zero-order valence-electron chi connectivity index (χ0n) is 14.5. The molecule has 27 heavy (non-hydrogen) atoms. The number of nitrogens with zero attached hydrogens (tertiary/aromatic N) is 3. The number of H-pyrrole nitrogens is 1. The van der Waals surface area contributed by atoms with Crippen LogP contribution in [0.2, 0.25) is 5.02 Å². The van der Waals surface area contributed by atoms with Crippen LogP contribution < -0.4 is 5.32 Å². The van der Waals surface area contributed by atoms with Gasteiger partial charge in [-0.1, -0.05) is 29.5 Å². The first-order chi connectivity index (χ1) is 13.2. The van der Waals surface area contributed by atoms with Crippen molar-refractivity contribution < 1.29 is 5.11 Å². The van der Waals surface area contributed by atoms with Gasteiger partial charge in [-0.2, -0.15) is 5.21 Å². The third-order valence-electron chi connectivity index (χ3n) is 4.45. The van der Waals surface area contributed by atoms with Crippen molar-refractivity contribution in [1.82, 2.24) is 20.6 Å². The summed E-state index contributed by atoms with van der Waals surface area (Å²) >= 11 is 6.33. The highest BCUT2D eigenvalue weighted by molar-refractivity contribution is 6.30. The number of nitrogens with one attached hydrogen (secondary N) is 2. The van der Waals surface area contributed by atoms with Gasteiger partial charge in [-0.15, -0.1) is 10.2 Å². The molecular weight excluding hydrogens is 362 g/mol. The van der Waals surface area contributed by atoms with E-state index in [9.17, 15) is 0 Å². The lowest BCUT2D eigenvalue weighted by Crippen LogP contribution is -2.09. The molecule has 1 aliphatic rings. The number of aromatic amines is 1. The van der Waals surface area contributed by atoms with Crippen molar-refractivity contribution >= 4 is 17.3 Å². The Morgan fingerprint density at radius 3 is 2.70 bits per heavy atom. The molecule has 3 N–H and O–H groups in total. The monoisotopic (exact) mass is 379 g/mol. The summed E-state index contributed by atoms with van der Waals surface area (Å²) in [4.78, 5) is 0. The Morgan fingerprint density at radius 2 is 2.04 bits per heavy atom. The summed E-state index contributed by atoms with van der Waals surface area (Å²) in [6.07, 6.45) is 2.41. The van der Waals surface area contributed by atoms with Crippen molar-refractivity contribution in [3.05, 3.63) is 58.6 Å². The molecule has 4 rings (SSSR count). The van der Waals surface area contributed by atoms with Crippen LogP contribution in [0.3, 0.4) is 0 Å². The normalized spacial score (nSPS) is 14.3. The predicted octanol–water partition coefficient (Wildman–Crippen LogP) is 3.55. The second kappa shape index (κ2) is 7.78. The van der Waals surface area contributed by atoms with E-state index < -0.39 is 0 Å². The Kier molecular flexibility index (Phi) is 5.05. The molecular formula is C20H18ClN5O. The lowest BCUT2D eigenvalue weighted by molar-refractivity contribution is 0.350. The van der Waals surface area contributed by atoms with Gasteiger partial charge >= 0.3 is 0 Å². The molecule has 136 valence electrons. The first-order valence-electron chi connectivity index (χ1n) is 8.73. The van der Waals surface area contributed by atoms with Crippen molar-refractivity contribution in [3.8, 4) is 23.2 Å². The molecule has 0 saturated heterocycles. The molecule has 1 atom stereocenters. The van der Waals surface area contributed by atoms with Gasteiger partial charge in [-0.25, -0.2) is 0 Å². The minimum atomic E-state index is -0.274. The Bertz CT molecular complexity index is 972. The van der Waals surface area contributed by atoms with Gasteiger partial charge in [0.15, 0.2) is 0 Å². The molecule has 0 amide bonds.